The number of nitro benzene ring substituents is 1. The predicted octanol–water partition coefficient (Wildman–Crippen LogP) is 6.53. The zero-order chi connectivity index (χ0) is 29.6. The molecule has 12 nitrogen and oxygen atoms in total. The Bertz CT molecular complexity index is 1630. The molecule has 13 heteroatoms. The molecule has 0 unspecified atom stereocenters. The first-order valence-corrected chi connectivity index (χ1v) is 14.0. The third kappa shape index (κ3) is 6.86. The molecule has 4 aromatic rings. The quantitative estimate of drug-likeness (QED) is 0.0722. The first kappa shape index (κ1) is 28.6. The fourth-order valence-corrected chi connectivity index (χ4v) is 5.62. The Morgan fingerprint density at radius 2 is 1.60 bits per heavy atom. The van der Waals surface area contributed by atoms with Crippen molar-refractivity contribution < 1.29 is 34.2 Å². The van der Waals surface area contributed by atoms with Crippen LogP contribution in [0.2, 0.25) is 0 Å². The van der Waals surface area contributed by atoms with Crippen molar-refractivity contribution in [1.29, 1.82) is 0 Å². The van der Waals surface area contributed by atoms with Gasteiger partial charge in [0, 0.05) is 18.6 Å². The number of rotatable bonds is 9. The Morgan fingerprint density at radius 3 is 2.26 bits per heavy atom. The molecular formula is C29H26N4O8S. The van der Waals surface area contributed by atoms with Gasteiger partial charge in [0.15, 0.2) is 0 Å². The van der Waals surface area contributed by atoms with E-state index in [9.17, 15) is 29.9 Å². The molecule has 0 amide bonds. The molecule has 0 saturated heterocycles. The minimum absolute atomic E-state index is 0.0144. The molecule has 42 heavy (non-hydrogen) atoms. The maximum absolute atomic E-state index is 12.7. The Morgan fingerprint density at radius 1 is 0.929 bits per heavy atom. The lowest BCUT2D eigenvalue weighted by atomic mass is 9.82. The van der Waals surface area contributed by atoms with Gasteiger partial charge in [0.2, 0.25) is 5.13 Å². The zero-order valence-corrected chi connectivity index (χ0v) is 23.0. The summed E-state index contributed by atoms with van der Waals surface area (Å²) in [5.74, 6) is -0.813. The van der Waals surface area contributed by atoms with Crippen molar-refractivity contribution in [3.8, 4) is 17.2 Å². The van der Waals surface area contributed by atoms with Crippen molar-refractivity contribution in [3.05, 3.63) is 76.3 Å². The van der Waals surface area contributed by atoms with Crippen LogP contribution in [0.4, 0.5) is 16.5 Å². The molecule has 0 atom stereocenters. The second-order valence-electron chi connectivity index (χ2n) is 9.77. The lowest BCUT2D eigenvalue weighted by Crippen LogP contribution is -2.29. The van der Waals surface area contributed by atoms with Gasteiger partial charge in [-0.1, -0.05) is 17.4 Å². The molecule has 1 fully saturated rings. The highest BCUT2D eigenvalue weighted by Crippen LogP contribution is 2.37. The van der Waals surface area contributed by atoms with Crippen LogP contribution in [0.5, 0.6) is 17.2 Å². The molecule has 1 saturated carbocycles. The summed E-state index contributed by atoms with van der Waals surface area (Å²) in [6.45, 7) is 0.138. The van der Waals surface area contributed by atoms with E-state index in [-0.39, 0.29) is 47.6 Å². The van der Waals surface area contributed by atoms with E-state index in [1.807, 2.05) is 0 Å². The number of nitro groups is 1. The van der Waals surface area contributed by atoms with Gasteiger partial charge in [-0.3, -0.25) is 19.7 Å². The van der Waals surface area contributed by atoms with Crippen LogP contribution < -0.4 is 4.74 Å². The molecule has 3 aromatic carbocycles. The monoisotopic (exact) mass is 590 g/mol. The van der Waals surface area contributed by atoms with E-state index in [2.05, 4.69) is 15.2 Å². The van der Waals surface area contributed by atoms with Crippen LogP contribution in [0.3, 0.4) is 0 Å². The van der Waals surface area contributed by atoms with E-state index in [1.54, 1.807) is 6.07 Å². The van der Waals surface area contributed by atoms with Crippen molar-refractivity contribution in [2.75, 3.05) is 6.61 Å². The molecule has 216 valence electrons. The lowest BCUT2D eigenvalue weighted by Gasteiger charge is -2.25. The maximum atomic E-state index is 12.7. The zero-order valence-electron chi connectivity index (χ0n) is 22.2. The molecule has 0 bridgehead atoms. The van der Waals surface area contributed by atoms with Gasteiger partial charge < -0.3 is 19.7 Å². The Balaban J connectivity index is 1.13. The average molecular weight is 591 g/mol. The Labute approximate surface area is 243 Å². The van der Waals surface area contributed by atoms with E-state index in [1.165, 1.54) is 65.9 Å². The van der Waals surface area contributed by atoms with Crippen LogP contribution in [0.25, 0.3) is 10.2 Å². The average Bonchev–Trinajstić information content (AvgIpc) is 3.44. The van der Waals surface area contributed by atoms with Crippen molar-refractivity contribution in [1.82, 2.24) is 4.98 Å². The fraction of sp³-hybridized carbons (Fsp3) is 0.276. The number of azo groups is 1. The van der Waals surface area contributed by atoms with E-state index in [0.29, 0.717) is 58.9 Å². The SMILES string of the molecule is O=C(OCCc1ccc(O)c2nc(/N=N/c3ccc([N+](=O)[O-])cc3)sc12)C1CCC(C(=O)Oc2ccc(O)cc2)CC1. The highest BCUT2D eigenvalue weighted by atomic mass is 32.1. The first-order valence-electron chi connectivity index (χ1n) is 13.2. The highest BCUT2D eigenvalue weighted by Gasteiger charge is 2.32. The van der Waals surface area contributed by atoms with Crippen LogP contribution in [0.1, 0.15) is 31.2 Å². The number of non-ortho nitro benzene ring substituents is 1. The normalized spacial score (nSPS) is 16.9. The summed E-state index contributed by atoms with van der Waals surface area (Å²) in [5.41, 5.74) is 1.55. The van der Waals surface area contributed by atoms with E-state index in [4.69, 9.17) is 9.47 Å². The molecule has 1 aliphatic rings. The number of thiazole rings is 1. The van der Waals surface area contributed by atoms with Gasteiger partial charge in [0.05, 0.1) is 33.8 Å². The number of phenols is 2. The number of esters is 2. The number of aromatic hydroxyl groups is 2. The number of nitrogens with zero attached hydrogens (tertiary/aromatic N) is 4. The van der Waals surface area contributed by atoms with Crippen LogP contribution in [-0.2, 0) is 20.7 Å². The standard InChI is InChI=1S/C29H26N4O8S/c34-22-10-12-23(13-11-22)41-28(37)19-3-1-18(2-4-19)27(36)40-16-15-17-5-14-24(35)25-26(17)42-29(30-25)32-31-20-6-8-21(9-7-20)33(38)39/h5-14,18-19,34-35H,1-4,15-16H2/b32-31+. The number of benzene rings is 3. The molecule has 0 aliphatic heterocycles. The molecule has 0 spiro atoms. The van der Waals surface area contributed by atoms with E-state index >= 15 is 0 Å². The third-order valence-electron chi connectivity index (χ3n) is 6.97. The van der Waals surface area contributed by atoms with Crippen LogP contribution in [0, 0.1) is 22.0 Å². The van der Waals surface area contributed by atoms with E-state index < -0.39 is 4.92 Å². The van der Waals surface area contributed by atoms with Crippen LogP contribution in [0.15, 0.2) is 70.9 Å². The Kier molecular flexibility index (Phi) is 8.67. The number of fused-ring (bicyclic) bond motifs is 1. The van der Waals surface area contributed by atoms with Crippen molar-refractivity contribution in [2.24, 2.45) is 22.1 Å². The van der Waals surface area contributed by atoms with Gasteiger partial charge in [0.25, 0.3) is 5.69 Å². The summed E-state index contributed by atoms with van der Waals surface area (Å²) in [6, 6.07) is 14.8. The molecule has 5 rings (SSSR count). The number of ether oxygens (including phenoxy) is 2. The second-order valence-corrected chi connectivity index (χ2v) is 10.8. The summed E-state index contributed by atoms with van der Waals surface area (Å²) < 4.78 is 11.6. The number of carbonyl (C=O) groups is 2. The molecule has 1 aliphatic carbocycles. The van der Waals surface area contributed by atoms with Gasteiger partial charge in [0.1, 0.15) is 22.8 Å². The third-order valence-corrected chi connectivity index (χ3v) is 7.98. The number of aromatic nitrogens is 1. The fourth-order valence-electron chi connectivity index (χ4n) is 4.67. The molecule has 0 radical (unpaired) electrons. The minimum Gasteiger partial charge on any atom is -0.508 e. The van der Waals surface area contributed by atoms with E-state index in [0.717, 1.165) is 5.56 Å². The Hall–Kier alpha value is -4.91. The number of hydrogen-bond acceptors (Lipinski definition) is 12. The van der Waals surface area contributed by atoms with Crippen LogP contribution in [-0.4, -0.2) is 38.7 Å². The molecule has 2 N–H and O–H groups in total. The van der Waals surface area contributed by atoms with Gasteiger partial charge in [-0.2, -0.15) is 0 Å². The molecule has 1 heterocycles. The maximum Gasteiger partial charge on any atom is 0.314 e. The second kappa shape index (κ2) is 12.7. The summed E-state index contributed by atoms with van der Waals surface area (Å²) >= 11 is 1.22. The number of phenolic OH excluding ortho intramolecular Hbond substituents is 2. The number of hydrogen-bond donors (Lipinski definition) is 2. The molecule has 1 aromatic heterocycles. The van der Waals surface area contributed by atoms with Gasteiger partial charge in [-0.25, -0.2) is 4.98 Å². The highest BCUT2D eigenvalue weighted by molar-refractivity contribution is 7.22. The van der Waals surface area contributed by atoms with Gasteiger partial charge in [-0.05, 0) is 73.7 Å². The summed E-state index contributed by atoms with van der Waals surface area (Å²) in [5, 5.41) is 38.9. The van der Waals surface area contributed by atoms with Gasteiger partial charge >= 0.3 is 11.9 Å². The van der Waals surface area contributed by atoms with Crippen molar-refractivity contribution in [2.45, 2.75) is 32.1 Å². The lowest BCUT2D eigenvalue weighted by molar-refractivity contribution is -0.384. The predicted molar refractivity (Wildman–Crippen MR) is 152 cm³/mol. The summed E-state index contributed by atoms with van der Waals surface area (Å²) in [6.07, 6.45) is 2.49. The van der Waals surface area contributed by atoms with Crippen LogP contribution >= 0.6 is 11.3 Å². The first-order chi connectivity index (χ1) is 20.3. The molecular weight excluding hydrogens is 564 g/mol. The smallest absolute Gasteiger partial charge is 0.314 e. The van der Waals surface area contributed by atoms with Crippen molar-refractivity contribution in [3.63, 3.8) is 0 Å². The number of carbonyl (C=O) groups excluding carboxylic acids is 2. The summed E-state index contributed by atoms with van der Waals surface area (Å²) in [7, 11) is 0. The topological polar surface area (TPSA) is 174 Å². The minimum atomic E-state index is -0.499. The summed E-state index contributed by atoms with van der Waals surface area (Å²) in [4.78, 5) is 39.8. The van der Waals surface area contributed by atoms with Gasteiger partial charge in [-0.15, -0.1) is 10.2 Å². The largest absolute Gasteiger partial charge is 0.508 e. The van der Waals surface area contributed by atoms with Crippen molar-refractivity contribution >= 4 is 50.0 Å².